The maximum Gasteiger partial charge on any atom is 0.295 e. The summed E-state index contributed by atoms with van der Waals surface area (Å²) in [7, 11) is 0. The number of halogens is 1. The molecule has 2 aromatic heterocycles. The number of hydrogen-bond donors (Lipinski definition) is 1. The van der Waals surface area contributed by atoms with E-state index in [9.17, 15) is 9.18 Å². The van der Waals surface area contributed by atoms with E-state index in [1.807, 2.05) is 47.8 Å². The van der Waals surface area contributed by atoms with Gasteiger partial charge in [-0.05, 0) is 54.3 Å². The van der Waals surface area contributed by atoms with Crippen molar-refractivity contribution in [1.82, 2.24) is 14.8 Å². The number of thiophene rings is 1. The first-order chi connectivity index (χ1) is 13.1. The number of hydrogen-bond acceptors (Lipinski definition) is 4. The van der Waals surface area contributed by atoms with Crippen LogP contribution in [-0.2, 0) is 0 Å². The summed E-state index contributed by atoms with van der Waals surface area (Å²) in [5.41, 5.74) is 1.96. The second kappa shape index (κ2) is 7.13. The third-order valence-electron chi connectivity index (χ3n) is 3.99. The molecule has 7 heteroatoms. The summed E-state index contributed by atoms with van der Waals surface area (Å²) in [5.74, 6) is -0.155. The lowest BCUT2D eigenvalue weighted by atomic mass is 10.2. The molecule has 5 nitrogen and oxygen atoms in total. The molecule has 1 N–H and O–H groups in total. The summed E-state index contributed by atoms with van der Waals surface area (Å²) in [4.78, 5) is 18.0. The molecule has 2 heterocycles. The van der Waals surface area contributed by atoms with Crippen molar-refractivity contribution >= 4 is 22.9 Å². The Bertz CT molecular complexity index is 1090. The Morgan fingerprint density at radius 2 is 1.93 bits per heavy atom. The highest BCUT2D eigenvalue weighted by atomic mass is 32.1. The third-order valence-corrected chi connectivity index (χ3v) is 4.86. The zero-order chi connectivity index (χ0) is 18.8. The molecule has 0 fully saturated rings. The van der Waals surface area contributed by atoms with Crippen molar-refractivity contribution in [3.05, 3.63) is 83.2 Å². The van der Waals surface area contributed by atoms with Crippen LogP contribution in [0.25, 0.3) is 16.4 Å². The molecule has 0 unspecified atom stereocenters. The molecule has 0 saturated heterocycles. The minimum Gasteiger partial charge on any atom is -0.319 e. The van der Waals surface area contributed by atoms with Gasteiger partial charge in [0.05, 0.1) is 10.6 Å². The molecule has 27 heavy (non-hydrogen) atoms. The maximum atomic E-state index is 13.3. The first-order valence-corrected chi connectivity index (χ1v) is 9.13. The Morgan fingerprint density at radius 3 is 2.63 bits per heavy atom. The van der Waals surface area contributed by atoms with E-state index in [2.05, 4.69) is 15.4 Å². The summed E-state index contributed by atoms with van der Waals surface area (Å²) >= 11 is 1.52. The Hall–Kier alpha value is -3.32. The maximum absolute atomic E-state index is 13.3. The molecule has 0 radical (unpaired) electrons. The molecular formula is C20H15FN4OS. The number of nitrogens with one attached hydrogen (secondary N) is 1. The smallest absolute Gasteiger partial charge is 0.295 e. The molecule has 0 bridgehead atoms. The monoisotopic (exact) mass is 378 g/mol. The molecule has 134 valence electrons. The van der Waals surface area contributed by atoms with Gasteiger partial charge in [0, 0.05) is 5.69 Å². The van der Waals surface area contributed by atoms with Crippen LogP contribution in [-0.4, -0.2) is 20.7 Å². The molecule has 0 saturated carbocycles. The highest BCUT2D eigenvalue weighted by molar-refractivity contribution is 7.13. The largest absolute Gasteiger partial charge is 0.319 e. The number of rotatable bonds is 4. The van der Waals surface area contributed by atoms with Gasteiger partial charge in [-0.3, -0.25) is 4.79 Å². The second-order valence-corrected chi connectivity index (χ2v) is 6.84. The Labute approximate surface area is 159 Å². The average molecular weight is 378 g/mol. The Morgan fingerprint density at radius 1 is 1.11 bits per heavy atom. The van der Waals surface area contributed by atoms with Crippen LogP contribution in [0, 0.1) is 12.7 Å². The van der Waals surface area contributed by atoms with E-state index in [4.69, 9.17) is 0 Å². The van der Waals surface area contributed by atoms with E-state index in [1.165, 1.54) is 29.5 Å². The molecule has 0 aliphatic heterocycles. The van der Waals surface area contributed by atoms with E-state index in [0.29, 0.717) is 17.1 Å². The number of carbonyl (C=O) groups is 1. The predicted octanol–water partition coefficient (Wildman–Crippen LogP) is 4.70. The minimum absolute atomic E-state index is 0.0472. The van der Waals surface area contributed by atoms with E-state index in [0.717, 1.165) is 10.6 Å². The zero-order valence-corrected chi connectivity index (χ0v) is 15.2. The molecule has 0 aliphatic rings. The van der Waals surface area contributed by atoms with Gasteiger partial charge in [0.1, 0.15) is 5.82 Å². The fourth-order valence-electron chi connectivity index (χ4n) is 2.67. The van der Waals surface area contributed by atoms with Crippen molar-refractivity contribution in [1.29, 1.82) is 0 Å². The van der Waals surface area contributed by atoms with Gasteiger partial charge in [-0.25, -0.2) is 14.1 Å². The lowest BCUT2D eigenvalue weighted by Crippen LogP contribution is -2.15. The molecular weight excluding hydrogens is 363 g/mol. The van der Waals surface area contributed by atoms with Gasteiger partial charge in [0.15, 0.2) is 5.82 Å². The van der Waals surface area contributed by atoms with Crippen LogP contribution in [0.1, 0.15) is 16.2 Å². The van der Waals surface area contributed by atoms with Gasteiger partial charge < -0.3 is 5.32 Å². The first kappa shape index (κ1) is 17.1. The summed E-state index contributed by atoms with van der Waals surface area (Å²) in [6, 6.07) is 17.6. The molecule has 1 amide bonds. The van der Waals surface area contributed by atoms with Crippen LogP contribution in [0.2, 0.25) is 0 Å². The van der Waals surface area contributed by atoms with Crippen LogP contribution < -0.4 is 5.32 Å². The Balaban J connectivity index is 1.72. The number of para-hydroxylation sites is 1. The topological polar surface area (TPSA) is 59.8 Å². The van der Waals surface area contributed by atoms with Crippen LogP contribution in [0.5, 0.6) is 0 Å². The van der Waals surface area contributed by atoms with Gasteiger partial charge in [-0.2, -0.15) is 0 Å². The summed E-state index contributed by atoms with van der Waals surface area (Å²) in [6.07, 6.45) is 0. The normalized spacial score (nSPS) is 10.7. The quantitative estimate of drug-likeness (QED) is 0.560. The number of carbonyl (C=O) groups excluding carboxylic acids is 1. The van der Waals surface area contributed by atoms with Gasteiger partial charge in [0.25, 0.3) is 5.91 Å². The number of aromatic nitrogens is 3. The summed E-state index contributed by atoms with van der Waals surface area (Å²) in [6.45, 7) is 1.73. The predicted molar refractivity (Wildman–Crippen MR) is 104 cm³/mol. The second-order valence-electron chi connectivity index (χ2n) is 5.90. The number of amides is 1. The number of nitrogens with zero attached hydrogens (tertiary/aromatic N) is 3. The van der Waals surface area contributed by atoms with Crippen LogP contribution in [0.15, 0.2) is 66.0 Å². The summed E-state index contributed by atoms with van der Waals surface area (Å²) < 4.78 is 14.9. The zero-order valence-electron chi connectivity index (χ0n) is 14.4. The van der Waals surface area contributed by atoms with Crippen molar-refractivity contribution in [3.63, 3.8) is 0 Å². The van der Waals surface area contributed by atoms with Crippen molar-refractivity contribution in [2.75, 3.05) is 5.32 Å². The van der Waals surface area contributed by atoms with Crippen molar-refractivity contribution in [3.8, 4) is 16.4 Å². The van der Waals surface area contributed by atoms with Gasteiger partial charge >= 0.3 is 0 Å². The highest BCUT2D eigenvalue weighted by Crippen LogP contribution is 2.26. The van der Waals surface area contributed by atoms with Crippen LogP contribution >= 0.6 is 11.3 Å². The molecule has 0 atom stereocenters. The molecule has 2 aromatic carbocycles. The van der Waals surface area contributed by atoms with E-state index >= 15 is 0 Å². The lowest BCUT2D eigenvalue weighted by molar-refractivity contribution is 0.101. The Kier molecular flexibility index (Phi) is 4.52. The average Bonchev–Trinajstić information content (AvgIpc) is 3.34. The molecule has 4 rings (SSSR count). The first-order valence-electron chi connectivity index (χ1n) is 8.26. The van der Waals surface area contributed by atoms with Gasteiger partial charge in [-0.1, -0.05) is 24.3 Å². The number of benzene rings is 2. The highest BCUT2D eigenvalue weighted by Gasteiger charge is 2.20. The van der Waals surface area contributed by atoms with E-state index < -0.39 is 5.91 Å². The lowest BCUT2D eigenvalue weighted by Gasteiger charge is -2.06. The fourth-order valence-corrected chi connectivity index (χ4v) is 3.37. The standard InChI is InChI=1S/C20H15FN4OS/c1-13-12-14(21)9-10-16(13)22-20(26)18-23-19(17-8-5-11-27-17)25(24-18)15-6-3-2-4-7-15/h2-12H,1H3,(H,22,26). The van der Waals surface area contributed by atoms with E-state index in [1.54, 1.807) is 11.6 Å². The molecule has 0 aliphatic carbocycles. The number of anilines is 1. The number of aryl methyl sites for hydroxylation is 1. The van der Waals surface area contributed by atoms with Gasteiger partial charge in [-0.15, -0.1) is 16.4 Å². The van der Waals surface area contributed by atoms with Crippen molar-refractivity contribution in [2.24, 2.45) is 0 Å². The fraction of sp³-hybridized carbons (Fsp3) is 0.0500. The van der Waals surface area contributed by atoms with Crippen LogP contribution in [0.3, 0.4) is 0 Å². The third kappa shape index (κ3) is 3.50. The van der Waals surface area contributed by atoms with E-state index in [-0.39, 0.29) is 11.6 Å². The van der Waals surface area contributed by atoms with Crippen molar-refractivity contribution < 1.29 is 9.18 Å². The van der Waals surface area contributed by atoms with Gasteiger partial charge in [0.2, 0.25) is 5.82 Å². The molecule has 0 spiro atoms. The van der Waals surface area contributed by atoms with Crippen molar-refractivity contribution in [2.45, 2.75) is 6.92 Å². The molecule has 4 aromatic rings. The SMILES string of the molecule is Cc1cc(F)ccc1NC(=O)c1nc(-c2cccs2)n(-c2ccccc2)n1. The minimum atomic E-state index is -0.447. The summed E-state index contributed by atoms with van der Waals surface area (Å²) in [5, 5.41) is 9.10. The van der Waals surface area contributed by atoms with Crippen LogP contribution in [0.4, 0.5) is 10.1 Å².